The molecule has 0 aliphatic carbocycles. The molecule has 0 amide bonds. The van der Waals surface area contributed by atoms with Crippen LogP contribution in [-0.4, -0.2) is 31.4 Å². The van der Waals surface area contributed by atoms with Crippen molar-refractivity contribution in [2.45, 2.75) is 26.4 Å². The molecule has 1 aliphatic rings. The average Bonchev–Trinajstić information content (AvgIpc) is 2.82. The molecule has 0 radical (unpaired) electrons. The first-order chi connectivity index (χ1) is 9.54. The maximum atomic E-state index is 11.1. The van der Waals surface area contributed by atoms with Crippen LogP contribution >= 0.6 is 0 Å². The van der Waals surface area contributed by atoms with Crippen molar-refractivity contribution in [1.29, 1.82) is 0 Å². The Morgan fingerprint density at radius 2 is 1.95 bits per heavy atom. The molecule has 0 saturated carbocycles. The van der Waals surface area contributed by atoms with Crippen molar-refractivity contribution in [2.75, 3.05) is 13.4 Å². The van der Waals surface area contributed by atoms with Crippen LogP contribution in [0.1, 0.15) is 19.4 Å². The van der Waals surface area contributed by atoms with Crippen molar-refractivity contribution in [3.63, 3.8) is 0 Å². The zero-order chi connectivity index (χ0) is 14.5. The highest BCUT2D eigenvalue weighted by molar-refractivity contribution is 5.67. The zero-order valence-electron chi connectivity index (χ0n) is 11.4. The van der Waals surface area contributed by atoms with E-state index in [2.05, 4.69) is 0 Å². The van der Waals surface area contributed by atoms with Gasteiger partial charge in [0.05, 0.1) is 0 Å². The fraction of sp³-hybridized carbons (Fsp3) is 0.429. The summed E-state index contributed by atoms with van der Waals surface area (Å²) in [5.41, 5.74) is 0.910. The first-order valence-corrected chi connectivity index (χ1v) is 6.23. The molecule has 0 N–H and O–H groups in total. The van der Waals surface area contributed by atoms with Gasteiger partial charge in [0.2, 0.25) is 6.79 Å². The summed E-state index contributed by atoms with van der Waals surface area (Å²) in [5.74, 6) is 0.532. The van der Waals surface area contributed by atoms with E-state index in [0.717, 1.165) is 5.56 Å². The number of hydrogen-bond acceptors (Lipinski definition) is 6. The molecule has 1 unspecified atom stereocenters. The fourth-order valence-electron chi connectivity index (χ4n) is 1.91. The van der Waals surface area contributed by atoms with Gasteiger partial charge in [-0.25, -0.2) is 0 Å². The van der Waals surface area contributed by atoms with Gasteiger partial charge in [-0.15, -0.1) is 0 Å². The van der Waals surface area contributed by atoms with Crippen LogP contribution in [-0.2, 0) is 25.5 Å². The van der Waals surface area contributed by atoms with E-state index in [1.165, 1.54) is 13.8 Å². The van der Waals surface area contributed by atoms with E-state index < -0.39 is 18.0 Å². The lowest BCUT2D eigenvalue weighted by Crippen LogP contribution is -2.25. The number of benzene rings is 1. The second-order valence-electron chi connectivity index (χ2n) is 4.43. The first-order valence-electron chi connectivity index (χ1n) is 6.23. The molecule has 2 rings (SSSR count). The highest BCUT2D eigenvalue weighted by Gasteiger charge is 2.18. The summed E-state index contributed by atoms with van der Waals surface area (Å²) in [7, 11) is 0. The minimum Gasteiger partial charge on any atom is -0.462 e. The van der Waals surface area contributed by atoms with Gasteiger partial charge in [0.25, 0.3) is 0 Å². The quantitative estimate of drug-likeness (QED) is 0.760. The predicted octanol–water partition coefficient (Wildman–Crippen LogP) is 1.45. The fourth-order valence-corrected chi connectivity index (χ4v) is 1.91. The lowest BCUT2D eigenvalue weighted by molar-refractivity contribution is -0.156. The minimum absolute atomic E-state index is 0.0311. The monoisotopic (exact) mass is 280 g/mol. The van der Waals surface area contributed by atoms with Gasteiger partial charge in [-0.1, -0.05) is 6.07 Å². The van der Waals surface area contributed by atoms with Gasteiger partial charge in [-0.2, -0.15) is 0 Å². The van der Waals surface area contributed by atoms with Gasteiger partial charge in [-0.05, 0) is 17.7 Å². The SMILES string of the molecule is CC(=O)OCC(Cc1ccc2c(c1)OCO2)OC(C)=O. The number of hydrogen-bond donors (Lipinski definition) is 0. The smallest absolute Gasteiger partial charge is 0.303 e. The van der Waals surface area contributed by atoms with E-state index in [1.54, 1.807) is 6.07 Å². The van der Waals surface area contributed by atoms with Gasteiger partial charge < -0.3 is 18.9 Å². The van der Waals surface area contributed by atoms with Crippen LogP contribution in [0.3, 0.4) is 0 Å². The molecule has 0 aromatic heterocycles. The average molecular weight is 280 g/mol. The van der Waals surface area contributed by atoms with Gasteiger partial charge in [0.1, 0.15) is 12.7 Å². The second kappa shape index (κ2) is 6.27. The molecule has 108 valence electrons. The van der Waals surface area contributed by atoms with Crippen molar-refractivity contribution in [1.82, 2.24) is 0 Å². The number of fused-ring (bicyclic) bond motifs is 1. The summed E-state index contributed by atoms with van der Waals surface area (Å²) < 4.78 is 20.5. The Hall–Kier alpha value is -2.24. The third-order valence-corrected chi connectivity index (χ3v) is 2.71. The summed E-state index contributed by atoms with van der Waals surface area (Å²) in [5, 5.41) is 0. The highest BCUT2D eigenvalue weighted by Crippen LogP contribution is 2.32. The molecule has 1 aromatic carbocycles. The Kier molecular flexibility index (Phi) is 4.45. The van der Waals surface area contributed by atoms with Gasteiger partial charge in [0, 0.05) is 20.3 Å². The Morgan fingerprint density at radius 3 is 2.65 bits per heavy atom. The molecule has 1 aromatic rings. The Bertz CT molecular complexity index is 510. The van der Waals surface area contributed by atoms with E-state index in [9.17, 15) is 9.59 Å². The van der Waals surface area contributed by atoms with Crippen LogP contribution in [0.4, 0.5) is 0 Å². The summed E-state index contributed by atoms with van der Waals surface area (Å²) in [6, 6.07) is 5.48. The van der Waals surface area contributed by atoms with Crippen molar-refractivity contribution in [3.8, 4) is 11.5 Å². The number of rotatable bonds is 5. The second-order valence-corrected chi connectivity index (χ2v) is 4.43. The number of esters is 2. The minimum atomic E-state index is -0.517. The molecule has 0 spiro atoms. The summed E-state index contributed by atoms with van der Waals surface area (Å²) in [6.45, 7) is 2.87. The molecule has 6 nitrogen and oxygen atoms in total. The maximum Gasteiger partial charge on any atom is 0.303 e. The number of ether oxygens (including phenoxy) is 4. The van der Waals surface area contributed by atoms with Crippen molar-refractivity contribution >= 4 is 11.9 Å². The summed E-state index contributed by atoms with van der Waals surface area (Å²) >= 11 is 0. The number of carbonyl (C=O) groups excluding carboxylic acids is 2. The third-order valence-electron chi connectivity index (χ3n) is 2.71. The van der Waals surface area contributed by atoms with Crippen molar-refractivity contribution < 1.29 is 28.5 Å². The van der Waals surface area contributed by atoms with Crippen LogP contribution in [0.2, 0.25) is 0 Å². The summed E-state index contributed by atoms with van der Waals surface area (Å²) in [6.07, 6.45) is -0.0829. The van der Waals surface area contributed by atoms with E-state index >= 15 is 0 Å². The van der Waals surface area contributed by atoms with E-state index in [0.29, 0.717) is 17.9 Å². The first kappa shape index (κ1) is 14.2. The van der Waals surface area contributed by atoms with Crippen LogP contribution in [0.15, 0.2) is 18.2 Å². The Labute approximate surface area is 116 Å². The molecule has 0 saturated heterocycles. The lowest BCUT2D eigenvalue weighted by Gasteiger charge is -2.16. The predicted molar refractivity (Wildman–Crippen MR) is 68.5 cm³/mol. The standard InChI is InChI=1S/C14H16O6/c1-9(15)17-7-12(20-10(2)16)5-11-3-4-13-14(6-11)19-8-18-13/h3-4,6,12H,5,7-8H2,1-2H3. The molecule has 1 aliphatic heterocycles. The summed E-state index contributed by atoms with van der Waals surface area (Å²) in [4.78, 5) is 21.9. The topological polar surface area (TPSA) is 71.1 Å². The molecule has 1 atom stereocenters. The van der Waals surface area contributed by atoms with Crippen molar-refractivity contribution in [3.05, 3.63) is 23.8 Å². The van der Waals surface area contributed by atoms with Gasteiger partial charge >= 0.3 is 11.9 Å². The van der Waals surface area contributed by atoms with Gasteiger partial charge in [0.15, 0.2) is 11.5 Å². The molecule has 0 bridgehead atoms. The molecule has 1 heterocycles. The van der Waals surface area contributed by atoms with Gasteiger partial charge in [-0.3, -0.25) is 9.59 Å². The van der Waals surface area contributed by atoms with E-state index in [1.807, 2.05) is 12.1 Å². The zero-order valence-corrected chi connectivity index (χ0v) is 11.4. The molecular formula is C14H16O6. The normalized spacial score (nSPS) is 13.7. The molecular weight excluding hydrogens is 264 g/mol. The highest BCUT2D eigenvalue weighted by atomic mass is 16.7. The third kappa shape index (κ3) is 3.88. The van der Waals surface area contributed by atoms with Crippen LogP contribution in [0.25, 0.3) is 0 Å². The largest absolute Gasteiger partial charge is 0.462 e. The molecule has 6 heteroatoms. The van der Waals surface area contributed by atoms with Crippen molar-refractivity contribution in [2.24, 2.45) is 0 Å². The van der Waals surface area contributed by atoms with E-state index in [-0.39, 0.29) is 13.4 Å². The lowest BCUT2D eigenvalue weighted by atomic mass is 10.1. The Morgan fingerprint density at radius 1 is 1.20 bits per heavy atom. The van der Waals surface area contributed by atoms with Crippen LogP contribution in [0.5, 0.6) is 11.5 Å². The van der Waals surface area contributed by atoms with E-state index in [4.69, 9.17) is 18.9 Å². The number of carbonyl (C=O) groups is 2. The molecule has 0 fully saturated rings. The van der Waals surface area contributed by atoms with Crippen LogP contribution in [0, 0.1) is 0 Å². The Balaban J connectivity index is 2.02. The molecule has 20 heavy (non-hydrogen) atoms. The maximum absolute atomic E-state index is 11.1. The van der Waals surface area contributed by atoms with Crippen LogP contribution < -0.4 is 9.47 Å².